The Morgan fingerprint density at radius 2 is 2.18 bits per heavy atom. The molecule has 0 fully saturated rings. The number of rotatable bonds is 5. The van der Waals surface area contributed by atoms with Gasteiger partial charge in [0.25, 0.3) is 0 Å². The zero-order valence-electron chi connectivity index (χ0n) is 9.30. The van der Waals surface area contributed by atoms with Gasteiger partial charge in [-0.25, -0.2) is 4.98 Å². The second-order valence-electron chi connectivity index (χ2n) is 3.61. The Hall–Kier alpha value is -1.75. The fraction of sp³-hybridized carbons (Fsp3) is 0.250. The third-order valence-electron chi connectivity index (χ3n) is 2.33. The summed E-state index contributed by atoms with van der Waals surface area (Å²) >= 11 is 1.55. The molecule has 17 heavy (non-hydrogen) atoms. The molecule has 0 aliphatic heterocycles. The molecule has 0 spiro atoms. The molecular formula is C12H13N3OS. The van der Waals surface area contributed by atoms with Crippen molar-refractivity contribution in [1.82, 2.24) is 15.3 Å². The van der Waals surface area contributed by atoms with E-state index in [1.54, 1.807) is 29.2 Å². The van der Waals surface area contributed by atoms with Gasteiger partial charge in [-0.1, -0.05) is 0 Å². The topological polar surface area (TPSA) is 54.9 Å². The number of aromatic nitrogens is 2. The zero-order valence-corrected chi connectivity index (χ0v) is 10.1. The lowest BCUT2D eigenvalue weighted by Gasteiger charge is -2.04. The maximum Gasteiger partial charge on any atom is 0.220 e. The molecule has 0 aliphatic rings. The minimum atomic E-state index is 0.0508. The molecule has 2 heterocycles. The smallest absolute Gasteiger partial charge is 0.220 e. The molecule has 0 saturated carbocycles. The molecular weight excluding hydrogens is 234 g/mol. The summed E-state index contributed by atoms with van der Waals surface area (Å²) in [6.45, 7) is 0.554. The third-order valence-corrected chi connectivity index (χ3v) is 2.97. The first-order valence-electron chi connectivity index (χ1n) is 5.37. The van der Waals surface area contributed by atoms with Gasteiger partial charge in [-0.2, -0.15) is 0 Å². The molecule has 2 aromatic rings. The van der Waals surface area contributed by atoms with E-state index < -0.39 is 0 Å². The zero-order chi connectivity index (χ0) is 11.9. The molecule has 0 saturated heterocycles. The molecule has 2 aromatic heterocycles. The molecule has 1 N–H and O–H groups in total. The standard InChI is InChI=1S/C12H13N3OS/c16-12(2-1-11-8-17-9-15-11)14-7-10-3-5-13-6-4-10/h3-6,8-9H,1-2,7H2,(H,14,16). The Labute approximate surface area is 104 Å². The van der Waals surface area contributed by atoms with Crippen LogP contribution in [0, 0.1) is 0 Å². The number of carbonyl (C=O) groups excluding carboxylic acids is 1. The highest BCUT2D eigenvalue weighted by Crippen LogP contribution is 2.04. The van der Waals surface area contributed by atoms with Gasteiger partial charge in [0.1, 0.15) is 0 Å². The van der Waals surface area contributed by atoms with Gasteiger partial charge in [-0.15, -0.1) is 11.3 Å². The van der Waals surface area contributed by atoms with Crippen molar-refractivity contribution in [2.45, 2.75) is 19.4 Å². The number of pyridine rings is 1. The quantitative estimate of drug-likeness (QED) is 0.876. The van der Waals surface area contributed by atoms with Gasteiger partial charge < -0.3 is 5.32 Å². The summed E-state index contributed by atoms with van der Waals surface area (Å²) in [6.07, 6.45) is 4.62. The second-order valence-corrected chi connectivity index (χ2v) is 4.33. The third kappa shape index (κ3) is 3.96. The Balaban J connectivity index is 1.71. The van der Waals surface area contributed by atoms with Crippen molar-refractivity contribution in [3.05, 3.63) is 46.7 Å². The fourth-order valence-electron chi connectivity index (χ4n) is 1.39. The number of nitrogens with one attached hydrogen (secondary N) is 1. The molecule has 0 aliphatic carbocycles. The predicted octanol–water partition coefficient (Wildman–Crippen LogP) is 1.79. The number of nitrogens with zero attached hydrogens (tertiary/aromatic N) is 2. The molecule has 0 radical (unpaired) electrons. The first kappa shape index (κ1) is 11.7. The Morgan fingerprint density at radius 1 is 1.35 bits per heavy atom. The van der Waals surface area contributed by atoms with E-state index in [-0.39, 0.29) is 5.91 Å². The molecule has 5 heteroatoms. The monoisotopic (exact) mass is 247 g/mol. The van der Waals surface area contributed by atoms with Crippen molar-refractivity contribution in [2.24, 2.45) is 0 Å². The van der Waals surface area contributed by atoms with Crippen LogP contribution in [-0.4, -0.2) is 15.9 Å². The summed E-state index contributed by atoms with van der Waals surface area (Å²) in [6, 6.07) is 3.78. The normalized spacial score (nSPS) is 10.1. The van der Waals surface area contributed by atoms with Crippen LogP contribution in [0.15, 0.2) is 35.4 Å². The van der Waals surface area contributed by atoms with Gasteiger partial charge in [-0.3, -0.25) is 9.78 Å². The Morgan fingerprint density at radius 3 is 2.88 bits per heavy atom. The summed E-state index contributed by atoms with van der Waals surface area (Å²) in [7, 11) is 0. The van der Waals surface area contributed by atoms with Crippen LogP contribution in [0.4, 0.5) is 0 Å². The maximum absolute atomic E-state index is 11.6. The average molecular weight is 247 g/mol. The minimum absolute atomic E-state index is 0.0508. The lowest BCUT2D eigenvalue weighted by Crippen LogP contribution is -2.23. The molecule has 2 rings (SSSR count). The average Bonchev–Trinajstić information content (AvgIpc) is 2.88. The number of carbonyl (C=O) groups is 1. The number of hydrogen-bond donors (Lipinski definition) is 1. The van der Waals surface area contributed by atoms with E-state index in [0.29, 0.717) is 19.4 Å². The molecule has 0 atom stereocenters. The van der Waals surface area contributed by atoms with Crippen LogP contribution < -0.4 is 5.32 Å². The van der Waals surface area contributed by atoms with E-state index >= 15 is 0 Å². The van der Waals surface area contributed by atoms with Crippen molar-refractivity contribution in [2.75, 3.05) is 0 Å². The van der Waals surface area contributed by atoms with Crippen LogP contribution in [0.1, 0.15) is 17.7 Å². The largest absolute Gasteiger partial charge is 0.352 e. The molecule has 1 amide bonds. The summed E-state index contributed by atoms with van der Waals surface area (Å²) < 4.78 is 0. The minimum Gasteiger partial charge on any atom is -0.352 e. The van der Waals surface area contributed by atoms with E-state index in [9.17, 15) is 4.79 Å². The van der Waals surface area contributed by atoms with Gasteiger partial charge in [0.2, 0.25) is 5.91 Å². The van der Waals surface area contributed by atoms with Crippen LogP contribution >= 0.6 is 11.3 Å². The Bertz CT molecular complexity index is 456. The van der Waals surface area contributed by atoms with Crippen molar-refractivity contribution >= 4 is 17.2 Å². The summed E-state index contributed by atoms with van der Waals surface area (Å²) in [5.41, 5.74) is 3.82. The van der Waals surface area contributed by atoms with E-state index in [0.717, 1.165) is 11.3 Å². The van der Waals surface area contributed by atoms with Crippen LogP contribution in [0.25, 0.3) is 0 Å². The van der Waals surface area contributed by atoms with Crippen LogP contribution in [0.5, 0.6) is 0 Å². The number of thiazole rings is 1. The predicted molar refractivity (Wildman–Crippen MR) is 66.5 cm³/mol. The summed E-state index contributed by atoms with van der Waals surface area (Å²) in [4.78, 5) is 19.6. The lowest BCUT2D eigenvalue weighted by molar-refractivity contribution is -0.121. The van der Waals surface area contributed by atoms with Crippen molar-refractivity contribution in [3.63, 3.8) is 0 Å². The van der Waals surface area contributed by atoms with Crippen LogP contribution in [0.3, 0.4) is 0 Å². The second kappa shape index (κ2) is 6.10. The van der Waals surface area contributed by atoms with Crippen molar-refractivity contribution < 1.29 is 4.79 Å². The first-order chi connectivity index (χ1) is 8.34. The molecule has 0 aromatic carbocycles. The van der Waals surface area contributed by atoms with Gasteiger partial charge in [0, 0.05) is 30.7 Å². The Kier molecular flexibility index (Phi) is 4.21. The highest BCUT2D eigenvalue weighted by atomic mass is 32.1. The highest BCUT2D eigenvalue weighted by molar-refractivity contribution is 7.07. The molecule has 4 nitrogen and oxygen atoms in total. The van der Waals surface area contributed by atoms with E-state index in [2.05, 4.69) is 15.3 Å². The molecule has 88 valence electrons. The summed E-state index contributed by atoms with van der Waals surface area (Å²) in [5.74, 6) is 0.0508. The van der Waals surface area contributed by atoms with Crippen LogP contribution in [-0.2, 0) is 17.8 Å². The van der Waals surface area contributed by atoms with E-state index in [1.807, 2.05) is 17.5 Å². The summed E-state index contributed by atoms with van der Waals surface area (Å²) in [5, 5.41) is 4.84. The highest BCUT2D eigenvalue weighted by Gasteiger charge is 2.03. The number of aryl methyl sites for hydroxylation is 1. The molecule has 0 bridgehead atoms. The number of amides is 1. The van der Waals surface area contributed by atoms with Gasteiger partial charge >= 0.3 is 0 Å². The van der Waals surface area contributed by atoms with Gasteiger partial charge in [-0.05, 0) is 24.1 Å². The number of hydrogen-bond acceptors (Lipinski definition) is 4. The fourth-order valence-corrected chi connectivity index (χ4v) is 1.99. The van der Waals surface area contributed by atoms with E-state index in [1.165, 1.54) is 0 Å². The maximum atomic E-state index is 11.6. The molecule has 0 unspecified atom stereocenters. The van der Waals surface area contributed by atoms with Crippen molar-refractivity contribution in [1.29, 1.82) is 0 Å². The van der Waals surface area contributed by atoms with Crippen LogP contribution in [0.2, 0.25) is 0 Å². The van der Waals surface area contributed by atoms with Gasteiger partial charge in [0.05, 0.1) is 11.2 Å². The van der Waals surface area contributed by atoms with Gasteiger partial charge in [0.15, 0.2) is 0 Å². The van der Waals surface area contributed by atoms with Crippen molar-refractivity contribution in [3.8, 4) is 0 Å². The van der Waals surface area contributed by atoms with E-state index in [4.69, 9.17) is 0 Å². The first-order valence-corrected chi connectivity index (χ1v) is 6.31. The SMILES string of the molecule is O=C(CCc1cscn1)NCc1ccncc1. The lowest BCUT2D eigenvalue weighted by atomic mass is 10.2.